The largest absolute Gasteiger partial charge is 0.435 e. The van der Waals surface area contributed by atoms with Gasteiger partial charge in [0.15, 0.2) is 5.69 Å². The summed E-state index contributed by atoms with van der Waals surface area (Å²) in [7, 11) is 0. The van der Waals surface area contributed by atoms with Crippen LogP contribution < -0.4 is 5.32 Å². The van der Waals surface area contributed by atoms with E-state index in [1.807, 2.05) is 13.0 Å². The maximum Gasteiger partial charge on any atom is 0.435 e. The summed E-state index contributed by atoms with van der Waals surface area (Å²) in [6.45, 7) is 1.85. The normalized spacial score (nSPS) is 13.1. The van der Waals surface area contributed by atoms with E-state index in [9.17, 15) is 13.2 Å². The maximum absolute atomic E-state index is 12.4. The second-order valence-corrected chi connectivity index (χ2v) is 4.66. The molecule has 2 rings (SSSR count). The Balaban J connectivity index is 2.10. The molecule has 1 aromatic carbocycles. The minimum Gasteiger partial charge on any atom is -0.362 e. The monoisotopic (exact) mass is 301 g/mol. The SMILES string of the molecule is CC(Nc1ccc(C(F)(F)F)nn1)c1cccc(Cl)c1. The topological polar surface area (TPSA) is 37.8 Å². The van der Waals surface area contributed by atoms with Crippen molar-refractivity contribution in [2.75, 3.05) is 5.32 Å². The number of alkyl halides is 3. The molecule has 3 nitrogen and oxygen atoms in total. The summed E-state index contributed by atoms with van der Waals surface area (Å²) in [6.07, 6.45) is -4.48. The number of anilines is 1. The van der Waals surface area contributed by atoms with Crippen molar-refractivity contribution >= 4 is 17.4 Å². The Bertz CT molecular complexity index is 584. The first-order valence-electron chi connectivity index (χ1n) is 5.79. The van der Waals surface area contributed by atoms with Crippen molar-refractivity contribution in [3.05, 3.63) is 52.7 Å². The lowest BCUT2D eigenvalue weighted by molar-refractivity contribution is -0.141. The predicted molar refractivity (Wildman–Crippen MR) is 70.5 cm³/mol. The van der Waals surface area contributed by atoms with Gasteiger partial charge in [0.05, 0.1) is 6.04 Å². The molecule has 20 heavy (non-hydrogen) atoms. The average Bonchev–Trinajstić information content (AvgIpc) is 2.38. The van der Waals surface area contributed by atoms with E-state index in [2.05, 4.69) is 15.5 Å². The van der Waals surface area contributed by atoms with E-state index < -0.39 is 11.9 Å². The van der Waals surface area contributed by atoms with Gasteiger partial charge in [0, 0.05) is 5.02 Å². The zero-order valence-electron chi connectivity index (χ0n) is 10.4. The zero-order valence-corrected chi connectivity index (χ0v) is 11.2. The summed E-state index contributed by atoms with van der Waals surface area (Å²) in [5.41, 5.74) is -0.113. The maximum atomic E-state index is 12.4. The zero-order chi connectivity index (χ0) is 14.8. The van der Waals surface area contributed by atoms with Crippen molar-refractivity contribution in [3.8, 4) is 0 Å². The summed E-state index contributed by atoms with van der Waals surface area (Å²) in [6, 6.07) is 9.17. The van der Waals surface area contributed by atoms with Crippen molar-refractivity contribution in [2.24, 2.45) is 0 Å². The molecule has 1 unspecified atom stereocenters. The van der Waals surface area contributed by atoms with E-state index in [4.69, 9.17) is 11.6 Å². The van der Waals surface area contributed by atoms with Gasteiger partial charge in [0.2, 0.25) is 0 Å². The van der Waals surface area contributed by atoms with Crippen LogP contribution in [-0.2, 0) is 6.18 Å². The molecule has 0 bridgehead atoms. The van der Waals surface area contributed by atoms with Gasteiger partial charge in [0.1, 0.15) is 5.82 Å². The van der Waals surface area contributed by atoms with E-state index in [1.165, 1.54) is 6.07 Å². The molecule has 0 fully saturated rings. The van der Waals surface area contributed by atoms with Crippen molar-refractivity contribution < 1.29 is 13.2 Å². The molecule has 0 aliphatic heterocycles. The van der Waals surface area contributed by atoms with E-state index in [-0.39, 0.29) is 11.9 Å². The van der Waals surface area contributed by atoms with Crippen LogP contribution in [0.4, 0.5) is 19.0 Å². The standard InChI is InChI=1S/C13H11ClF3N3/c1-8(9-3-2-4-10(14)7-9)18-12-6-5-11(19-20-12)13(15,16)17/h2-8H,1H3,(H,18,20). The lowest BCUT2D eigenvalue weighted by Crippen LogP contribution is -2.12. The van der Waals surface area contributed by atoms with E-state index >= 15 is 0 Å². The lowest BCUT2D eigenvalue weighted by Gasteiger charge is -2.15. The first-order chi connectivity index (χ1) is 9.36. The van der Waals surface area contributed by atoms with Crippen LogP contribution in [-0.4, -0.2) is 10.2 Å². The second-order valence-electron chi connectivity index (χ2n) is 4.22. The number of benzene rings is 1. The van der Waals surface area contributed by atoms with Gasteiger partial charge in [-0.05, 0) is 36.8 Å². The summed E-state index contributed by atoms with van der Waals surface area (Å²) >= 11 is 5.88. The van der Waals surface area contributed by atoms with Gasteiger partial charge in [-0.25, -0.2) is 0 Å². The highest BCUT2D eigenvalue weighted by atomic mass is 35.5. The molecule has 0 saturated carbocycles. The van der Waals surface area contributed by atoms with E-state index in [1.54, 1.807) is 18.2 Å². The van der Waals surface area contributed by atoms with Gasteiger partial charge in [-0.1, -0.05) is 23.7 Å². The fraction of sp³-hybridized carbons (Fsp3) is 0.231. The second kappa shape index (κ2) is 5.66. The summed E-state index contributed by atoms with van der Waals surface area (Å²) in [5, 5.41) is 10.2. The molecule has 1 aromatic heterocycles. The summed E-state index contributed by atoms with van der Waals surface area (Å²) in [5.74, 6) is 0.269. The molecule has 1 heterocycles. The first kappa shape index (κ1) is 14.6. The third-order valence-corrected chi connectivity index (χ3v) is 2.90. The van der Waals surface area contributed by atoms with Crippen molar-refractivity contribution in [2.45, 2.75) is 19.1 Å². The van der Waals surface area contributed by atoms with Gasteiger partial charge in [0.25, 0.3) is 0 Å². The molecule has 1 N–H and O–H groups in total. The predicted octanol–water partition coefficient (Wildman–Crippen LogP) is 4.32. The van der Waals surface area contributed by atoms with Crippen LogP contribution >= 0.6 is 11.6 Å². The van der Waals surface area contributed by atoms with Crippen LogP contribution in [0.15, 0.2) is 36.4 Å². The number of nitrogens with zero attached hydrogens (tertiary/aromatic N) is 2. The van der Waals surface area contributed by atoms with Crippen LogP contribution in [0.1, 0.15) is 24.2 Å². The fourth-order valence-corrected chi connectivity index (χ4v) is 1.84. The molecule has 2 aromatic rings. The fourth-order valence-electron chi connectivity index (χ4n) is 1.64. The molecule has 0 spiro atoms. The Labute approximate surface area is 118 Å². The molecular weight excluding hydrogens is 291 g/mol. The minimum absolute atomic E-state index is 0.153. The highest BCUT2D eigenvalue weighted by Crippen LogP contribution is 2.27. The Morgan fingerprint density at radius 2 is 1.90 bits per heavy atom. The van der Waals surface area contributed by atoms with Crippen molar-refractivity contribution in [3.63, 3.8) is 0 Å². The summed E-state index contributed by atoms with van der Waals surface area (Å²) in [4.78, 5) is 0. The Kier molecular flexibility index (Phi) is 4.13. The van der Waals surface area contributed by atoms with Gasteiger partial charge in [-0.15, -0.1) is 10.2 Å². The number of rotatable bonds is 3. The highest BCUT2D eigenvalue weighted by Gasteiger charge is 2.32. The van der Waals surface area contributed by atoms with E-state index in [0.29, 0.717) is 5.02 Å². The lowest BCUT2D eigenvalue weighted by atomic mass is 10.1. The number of aromatic nitrogens is 2. The third-order valence-electron chi connectivity index (χ3n) is 2.67. The first-order valence-corrected chi connectivity index (χ1v) is 6.17. The molecule has 0 aliphatic carbocycles. The minimum atomic E-state index is -4.48. The molecule has 7 heteroatoms. The van der Waals surface area contributed by atoms with Gasteiger partial charge in [-0.2, -0.15) is 13.2 Å². The van der Waals surface area contributed by atoms with Crippen molar-refractivity contribution in [1.29, 1.82) is 0 Å². The molecule has 0 aliphatic rings. The quantitative estimate of drug-likeness (QED) is 0.917. The Morgan fingerprint density at radius 1 is 1.15 bits per heavy atom. The van der Waals surface area contributed by atoms with Crippen molar-refractivity contribution in [1.82, 2.24) is 10.2 Å². The average molecular weight is 302 g/mol. The third kappa shape index (κ3) is 3.60. The van der Waals surface area contributed by atoms with Crippen LogP contribution in [0.25, 0.3) is 0 Å². The Morgan fingerprint density at radius 3 is 2.45 bits per heavy atom. The molecule has 106 valence electrons. The van der Waals surface area contributed by atoms with Gasteiger partial charge < -0.3 is 5.32 Å². The molecule has 0 saturated heterocycles. The molecule has 1 atom stereocenters. The molecule has 0 amide bonds. The molecular formula is C13H11ClF3N3. The van der Waals surface area contributed by atoms with Crippen LogP contribution in [0.2, 0.25) is 5.02 Å². The van der Waals surface area contributed by atoms with Crippen LogP contribution in [0, 0.1) is 0 Å². The molecule has 0 radical (unpaired) electrons. The number of hydrogen-bond acceptors (Lipinski definition) is 3. The summed E-state index contributed by atoms with van der Waals surface area (Å²) < 4.78 is 37.1. The number of halogens is 4. The Hall–Kier alpha value is -1.82. The van der Waals surface area contributed by atoms with Gasteiger partial charge in [-0.3, -0.25) is 0 Å². The number of nitrogens with one attached hydrogen (secondary N) is 1. The van der Waals surface area contributed by atoms with E-state index in [0.717, 1.165) is 11.6 Å². The van der Waals surface area contributed by atoms with Crippen LogP contribution in [0.3, 0.4) is 0 Å². The van der Waals surface area contributed by atoms with Crippen LogP contribution in [0.5, 0.6) is 0 Å². The smallest absolute Gasteiger partial charge is 0.362 e. The number of hydrogen-bond donors (Lipinski definition) is 1. The van der Waals surface area contributed by atoms with Gasteiger partial charge >= 0.3 is 6.18 Å². The highest BCUT2D eigenvalue weighted by molar-refractivity contribution is 6.30.